The number of pyridine rings is 1. The normalized spacial score (nSPS) is 11.4. The molecule has 0 bridgehead atoms. The molecule has 0 fully saturated rings. The zero-order valence-electron chi connectivity index (χ0n) is 16.5. The molecule has 4 heterocycles. The molecule has 4 N–H and O–H groups in total. The summed E-state index contributed by atoms with van der Waals surface area (Å²) in [5.74, 6) is 0. The van der Waals surface area contributed by atoms with E-state index < -0.39 is 0 Å². The summed E-state index contributed by atoms with van der Waals surface area (Å²) in [6.45, 7) is 0. The zero-order valence-corrected chi connectivity index (χ0v) is 18.0. The topological polar surface area (TPSA) is 110 Å². The van der Waals surface area contributed by atoms with Gasteiger partial charge >= 0.3 is 0 Å². The molecular weight excluding hydrogens is 444 g/mol. The van der Waals surface area contributed by atoms with E-state index in [0.717, 1.165) is 49.8 Å². The lowest BCUT2D eigenvalue weighted by Gasteiger charge is -2.05. The van der Waals surface area contributed by atoms with E-state index in [2.05, 4.69) is 25.7 Å². The van der Waals surface area contributed by atoms with Crippen LogP contribution in [-0.2, 0) is 0 Å². The Morgan fingerprint density at radius 2 is 1.94 bits per heavy atom. The van der Waals surface area contributed by atoms with E-state index in [-0.39, 0.29) is 0 Å². The third kappa shape index (κ3) is 3.15. The van der Waals surface area contributed by atoms with E-state index in [0.29, 0.717) is 10.2 Å². The van der Waals surface area contributed by atoms with Gasteiger partial charge in [-0.25, -0.2) is 4.98 Å². The SMILES string of the molecule is Nc1ccc(-c2cn3cccc(-c4nnc(Nc5ccc6[nH]ncc6c5Cl)s4)c3n2)cc1. The van der Waals surface area contributed by atoms with E-state index in [4.69, 9.17) is 22.3 Å². The molecule has 6 aromatic rings. The Labute approximate surface area is 190 Å². The van der Waals surface area contributed by atoms with Crippen molar-refractivity contribution in [1.82, 2.24) is 29.8 Å². The summed E-state index contributed by atoms with van der Waals surface area (Å²) in [6, 6.07) is 15.4. The molecule has 0 aliphatic carbocycles. The van der Waals surface area contributed by atoms with Crippen LogP contribution in [-0.4, -0.2) is 29.8 Å². The van der Waals surface area contributed by atoms with Gasteiger partial charge in [0.15, 0.2) is 5.01 Å². The molecule has 8 nitrogen and oxygen atoms in total. The van der Waals surface area contributed by atoms with Crippen LogP contribution in [0, 0.1) is 0 Å². The van der Waals surface area contributed by atoms with Crippen LogP contribution in [0.3, 0.4) is 0 Å². The van der Waals surface area contributed by atoms with Crippen molar-refractivity contribution in [3.8, 4) is 21.8 Å². The van der Waals surface area contributed by atoms with Crippen LogP contribution in [0.4, 0.5) is 16.5 Å². The van der Waals surface area contributed by atoms with Crippen LogP contribution < -0.4 is 11.1 Å². The van der Waals surface area contributed by atoms with Crippen molar-refractivity contribution in [1.29, 1.82) is 0 Å². The number of nitrogens with two attached hydrogens (primary N) is 1. The lowest BCUT2D eigenvalue weighted by Crippen LogP contribution is -1.90. The Balaban J connectivity index is 1.35. The molecule has 10 heteroatoms. The van der Waals surface area contributed by atoms with Crippen molar-refractivity contribution >= 4 is 56.0 Å². The Kier molecular flexibility index (Phi) is 4.30. The highest BCUT2D eigenvalue weighted by atomic mass is 35.5. The maximum absolute atomic E-state index is 6.52. The van der Waals surface area contributed by atoms with Crippen LogP contribution in [0.25, 0.3) is 38.4 Å². The molecule has 0 amide bonds. The number of imidazole rings is 1. The summed E-state index contributed by atoms with van der Waals surface area (Å²) >= 11 is 7.95. The second kappa shape index (κ2) is 7.33. The van der Waals surface area contributed by atoms with Gasteiger partial charge in [-0.2, -0.15) is 5.10 Å². The van der Waals surface area contributed by atoms with E-state index in [9.17, 15) is 0 Å². The average molecular weight is 459 g/mol. The van der Waals surface area contributed by atoms with Crippen molar-refractivity contribution in [3.05, 3.63) is 72.1 Å². The molecule has 6 rings (SSSR count). The number of benzene rings is 2. The summed E-state index contributed by atoms with van der Waals surface area (Å²) in [4.78, 5) is 4.83. The molecule has 2 aromatic carbocycles. The number of nitrogens with one attached hydrogen (secondary N) is 2. The second-order valence-corrected chi connectivity index (χ2v) is 8.55. The first-order valence-corrected chi connectivity index (χ1v) is 10.9. The van der Waals surface area contributed by atoms with Crippen molar-refractivity contribution in [3.63, 3.8) is 0 Å². The molecule has 0 spiro atoms. The first kappa shape index (κ1) is 18.8. The minimum absolute atomic E-state index is 0.580. The summed E-state index contributed by atoms with van der Waals surface area (Å²) in [6.07, 6.45) is 5.66. The van der Waals surface area contributed by atoms with Crippen molar-refractivity contribution in [2.75, 3.05) is 11.1 Å². The summed E-state index contributed by atoms with van der Waals surface area (Å²) in [5, 5.41) is 21.7. The van der Waals surface area contributed by atoms with Gasteiger partial charge < -0.3 is 15.5 Å². The zero-order chi connectivity index (χ0) is 21.7. The third-order valence-electron chi connectivity index (χ3n) is 5.14. The van der Waals surface area contributed by atoms with Gasteiger partial charge in [0.05, 0.1) is 33.7 Å². The summed E-state index contributed by atoms with van der Waals surface area (Å²) in [5.41, 5.74) is 11.7. The predicted octanol–water partition coefficient (Wildman–Crippen LogP) is 5.38. The average Bonchev–Trinajstić information content (AvgIpc) is 3.55. The Morgan fingerprint density at radius 1 is 1.06 bits per heavy atom. The van der Waals surface area contributed by atoms with Crippen LogP contribution in [0.1, 0.15) is 0 Å². The standard InChI is InChI=1S/C22H15ClN8S/c23-19-15-10-25-28-16(15)7-8-17(19)27-22-30-29-21(32-22)14-2-1-9-31-11-18(26-20(14)31)12-3-5-13(24)6-4-12/h1-11H,24H2,(H,25,28)(H,27,30). The Bertz CT molecular complexity index is 1580. The molecule has 0 unspecified atom stereocenters. The molecule has 32 heavy (non-hydrogen) atoms. The number of H-pyrrole nitrogens is 1. The van der Waals surface area contributed by atoms with E-state index in [1.54, 1.807) is 6.20 Å². The van der Waals surface area contributed by atoms with Crippen molar-refractivity contribution < 1.29 is 0 Å². The number of fused-ring (bicyclic) bond motifs is 2. The highest BCUT2D eigenvalue weighted by Gasteiger charge is 2.15. The number of nitrogens with zero attached hydrogens (tertiary/aromatic N) is 5. The Hall–Kier alpha value is -3.95. The molecular formula is C22H15ClN8S. The second-order valence-electron chi connectivity index (χ2n) is 7.20. The number of rotatable bonds is 4. The van der Waals surface area contributed by atoms with Crippen LogP contribution in [0.5, 0.6) is 0 Å². The lowest BCUT2D eigenvalue weighted by molar-refractivity contribution is 1.09. The number of halogens is 1. The van der Waals surface area contributed by atoms with E-state index >= 15 is 0 Å². The van der Waals surface area contributed by atoms with E-state index in [1.807, 2.05) is 65.3 Å². The fraction of sp³-hybridized carbons (Fsp3) is 0. The minimum atomic E-state index is 0.580. The molecule has 0 aliphatic rings. The van der Waals surface area contributed by atoms with Gasteiger partial charge in [0.1, 0.15) is 5.65 Å². The van der Waals surface area contributed by atoms with Gasteiger partial charge in [-0.1, -0.05) is 35.1 Å². The molecule has 0 aliphatic heterocycles. The molecule has 0 atom stereocenters. The molecule has 4 aromatic heterocycles. The molecule has 156 valence electrons. The minimum Gasteiger partial charge on any atom is -0.399 e. The number of aromatic nitrogens is 6. The third-order valence-corrected chi connectivity index (χ3v) is 6.42. The fourth-order valence-electron chi connectivity index (χ4n) is 3.55. The predicted molar refractivity (Wildman–Crippen MR) is 128 cm³/mol. The van der Waals surface area contributed by atoms with Gasteiger partial charge in [-0.05, 0) is 36.4 Å². The number of nitrogen functional groups attached to an aromatic ring is 1. The maximum atomic E-state index is 6.52. The monoisotopic (exact) mass is 458 g/mol. The van der Waals surface area contributed by atoms with E-state index in [1.165, 1.54) is 11.3 Å². The summed E-state index contributed by atoms with van der Waals surface area (Å²) < 4.78 is 1.99. The van der Waals surface area contributed by atoms with Crippen LogP contribution >= 0.6 is 22.9 Å². The molecule has 0 saturated heterocycles. The lowest BCUT2D eigenvalue weighted by atomic mass is 10.1. The summed E-state index contributed by atoms with van der Waals surface area (Å²) in [7, 11) is 0. The number of hydrogen-bond acceptors (Lipinski definition) is 7. The highest BCUT2D eigenvalue weighted by Crippen LogP contribution is 2.35. The van der Waals surface area contributed by atoms with Crippen LogP contribution in [0.2, 0.25) is 5.02 Å². The molecule has 0 saturated carbocycles. The number of hydrogen-bond donors (Lipinski definition) is 3. The number of aromatic amines is 1. The first-order chi connectivity index (χ1) is 15.7. The van der Waals surface area contributed by atoms with Crippen molar-refractivity contribution in [2.45, 2.75) is 0 Å². The largest absolute Gasteiger partial charge is 0.399 e. The maximum Gasteiger partial charge on any atom is 0.210 e. The van der Waals surface area contributed by atoms with Gasteiger partial charge in [0, 0.05) is 29.0 Å². The van der Waals surface area contributed by atoms with Gasteiger partial charge in [0.2, 0.25) is 5.13 Å². The Morgan fingerprint density at radius 3 is 2.81 bits per heavy atom. The highest BCUT2D eigenvalue weighted by molar-refractivity contribution is 7.18. The van der Waals surface area contributed by atoms with Gasteiger partial charge in [-0.3, -0.25) is 5.10 Å². The smallest absolute Gasteiger partial charge is 0.210 e. The van der Waals surface area contributed by atoms with Crippen LogP contribution in [0.15, 0.2) is 67.1 Å². The quantitative estimate of drug-likeness (QED) is 0.306. The number of anilines is 3. The fourth-order valence-corrected chi connectivity index (χ4v) is 4.59. The van der Waals surface area contributed by atoms with Gasteiger partial charge in [-0.15, -0.1) is 10.2 Å². The van der Waals surface area contributed by atoms with Gasteiger partial charge in [0.25, 0.3) is 0 Å². The first-order valence-electron chi connectivity index (χ1n) is 9.72. The molecule has 0 radical (unpaired) electrons. The van der Waals surface area contributed by atoms with Crippen molar-refractivity contribution in [2.24, 2.45) is 0 Å².